The number of phenolic OH excluding ortho intramolecular Hbond substituents is 1. The largest absolute Gasteiger partial charge is 0.504 e. The predicted molar refractivity (Wildman–Crippen MR) is 101 cm³/mol. The summed E-state index contributed by atoms with van der Waals surface area (Å²) in [4.78, 5) is 20.2. The van der Waals surface area contributed by atoms with E-state index in [1.54, 1.807) is 24.4 Å². The van der Waals surface area contributed by atoms with E-state index in [0.717, 1.165) is 33.3 Å². The Labute approximate surface area is 150 Å². The summed E-state index contributed by atoms with van der Waals surface area (Å²) in [5, 5.41) is 10.7. The number of phenols is 1. The third-order valence-electron chi connectivity index (χ3n) is 4.60. The highest BCUT2D eigenvalue weighted by Gasteiger charge is 2.23. The third-order valence-corrected chi connectivity index (χ3v) is 4.60. The van der Waals surface area contributed by atoms with Crippen LogP contribution in [-0.4, -0.2) is 28.0 Å². The Morgan fingerprint density at radius 2 is 2.00 bits per heavy atom. The molecule has 0 aliphatic heterocycles. The van der Waals surface area contributed by atoms with Crippen molar-refractivity contribution in [3.05, 3.63) is 65.0 Å². The highest BCUT2D eigenvalue weighted by molar-refractivity contribution is 6.16. The fourth-order valence-electron chi connectivity index (χ4n) is 3.25. The number of carbonyl (C=O) groups is 1. The predicted octanol–water partition coefficient (Wildman–Crippen LogP) is 4.11. The number of nitrogens with zero attached hydrogens (tertiary/aromatic N) is 1. The molecular weight excluding hydrogens is 328 g/mol. The summed E-state index contributed by atoms with van der Waals surface area (Å²) in [5.74, 6) is 0.545. The molecule has 0 spiro atoms. The van der Waals surface area contributed by atoms with E-state index in [1.807, 2.05) is 30.5 Å². The molecule has 0 unspecified atom stereocenters. The van der Waals surface area contributed by atoms with Gasteiger partial charge in [-0.3, -0.25) is 4.79 Å². The molecule has 1 aliphatic rings. The molecule has 1 fully saturated rings. The molecule has 5 nitrogen and oxygen atoms in total. The van der Waals surface area contributed by atoms with Crippen LogP contribution in [0.5, 0.6) is 11.5 Å². The molecule has 1 aliphatic carbocycles. The number of hydrogen-bond acceptors (Lipinski definition) is 4. The van der Waals surface area contributed by atoms with Crippen molar-refractivity contribution in [3.8, 4) is 11.5 Å². The van der Waals surface area contributed by atoms with Gasteiger partial charge in [-0.2, -0.15) is 0 Å². The number of methoxy groups -OCH3 is 1. The number of aromatic nitrogens is 2. The lowest BCUT2D eigenvalue weighted by Crippen LogP contribution is -1.95. The van der Waals surface area contributed by atoms with Gasteiger partial charge in [0.2, 0.25) is 0 Å². The van der Waals surface area contributed by atoms with Gasteiger partial charge in [-0.1, -0.05) is 6.07 Å². The number of hydrogen-bond donors (Lipinski definition) is 2. The van der Waals surface area contributed by atoms with E-state index >= 15 is 0 Å². The van der Waals surface area contributed by atoms with Gasteiger partial charge in [-0.05, 0) is 54.8 Å². The fraction of sp³-hybridized carbons (Fsp3) is 0.143. The molecule has 2 aromatic heterocycles. The Bertz CT molecular complexity index is 1060. The summed E-state index contributed by atoms with van der Waals surface area (Å²) < 4.78 is 5.12. The van der Waals surface area contributed by atoms with Crippen LogP contribution in [0.1, 0.15) is 24.0 Å². The zero-order valence-electron chi connectivity index (χ0n) is 14.3. The van der Waals surface area contributed by atoms with Crippen LogP contribution < -0.4 is 4.74 Å². The number of nitrogens with one attached hydrogen (secondary N) is 1. The van der Waals surface area contributed by atoms with Crippen LogP contribution in [0, 0.1) is 0 Å². The second-order valence-electron chi connectivity index (χ2n) is 6.24. The third kappa shape index (κ3) is 2.88. The average molecular weight is 346 g/mol. The van der Waals surface area contributed by atoms with Gasteiger partial charge < -0.3 is 14.8 Å². The topological polar surface area (TPSA) is 75.2 Å². The molecule has 2 N–H and O–H groups in total. The van der Waals surface area contributed by atoms with Crippen LogP contribution in [0.25, 0.3) is 23.2 Å². The number of aromatic amines is 1. The number of H-pyrrole nitrogens is 1. The maximum absolute atomic E-state index is 12.8. The normalized spacial score (nSPS) is 17.5. The van der Waals surface area contributed by atoms with Crippen molar-refractivity contribution in [1.82, 2.24) is 9.97 Å². The summed E-state index contributed by atoms with van der Waals surface area (Å²) in [5.41, 5.74) is 4.19. The molecule has 0 radical (unpaired) electrons. The van der Waals surface area contributed by atoms with Crippen LogP contribution in [0.2, 0.25) is 0 Å². The van der Waals surface area contributed by atoms with Crippen LogP contribution in [0.15, 0.2) is 53.9 Å². The lowest BCUT2D eigenvalue weighted by Gasteiger charge is -2.04. The molecule has 2 heterocycles. The van der Waals surface area contributed by atoms with E-state index in [4.69, 9.17) is 4.74 Å². The van der Waals surface area contributed by atoms with Crippen LogP contribution in [0.4, 0.5) is 0 Å². The zero-order chi connectivity index (χ0) is 18.1. The fourth-order valence-corrected chi connectivity index (χ4v) is 3.25. The molecule has 5 heteroatoms. The van der Waals surface area contributed by atoms with Gasteiger partial charge >= 0.3 is 0 Å². The first-order valence-corrected chi connectivity index (χ1v) is 8.40. The van der Waals surface area contributed by atoms with Crippen LogP contribution in [-0.2, 0) is 4.79 Å². The second-order valence-corrected chi connectivity index (χ2v) is 6.24. The number of allylic oxidation sites excluding steroid dienone is 2. The standard InChI is InChI=1S/C21H18N2O3/c1-26-19-10-13(4-7-18(19)24)9-14-5-6-15(20(14)25)11-16-12-23-21-17(16)3-2-8-22-21/h2-4,7-12,24H,5-6H2,1H3,(H,22,23)/b14-9+,15-11+. The number of ketones is 1. The Kier molecular flexibility index (Phi) is 4.05. The van der Waals surface area contributed by atoms with Crippen molar-refractivity contribution in [2.24, 2.45) is 0 Å². The summed E-state index contributed by atoms with van der Waals surface area (Å²) in [6, 6.07) is 8.94. The smallest absolute Gasteiger partial charge is 0.185 e. The molecule has 26 heavy (non-hydrogen) atoms. The van der Waals surface area contributed by atoms with E-state index in [1.165, 1.54) is 7.11 Å². The maximum atomic E-state index is 12.8. The maximum Gasteiger partial charge on any atom is 0.185 e. The minimum absolute atomic E-state index is 0.0651. The van der Waals surface area contributed by atoms with Gasteiger partial charge in [-0.15, -0.1) is 0 Å². The van der Waals surface area contributed by atoms with Gasteiger partial charge in [0.05, 0.1) is 7.11 Å². The minimum atomic E-state index is 0.0651. The monoisotopic (exact) mass is 346 g/mol. The number of fused-ring (bicyclic) bond motifs is 1. The van der Waals surface area contributed by atoms with E-state index in [2.05, 4.69) is 9.97 Å². The van der Waals surface area contributed by atoms with Crippen molar-refractivity contribution in [1.29, 1.82) is 0 Å². The average Bonchev–Trinajstić information content (AvgIpc) is 3.22. The number of rotatable bonds is 3. The SMILES string of the molecule is COc1cc(/C=C2\CC/C(=C\c3c[nH]c4ncccc34)C2=O)ccc1O. The highest BCUT2D eigenvalue weighted by atomic mass is 16.5. The Morgan fingerprint density at radius 3 is 2.81 bits per heavy atom. The molecule has 0 saturated heterocycles. The van der Waals surface area contributed by atoms with E-state index < -0.39 is 0 Å². The van der Waals surface area contributed by atoms with Crippen molar-refractivity contribution >= 4 is 29.0 Å². The number of benzene rings is 1. The molecule has 1 aromatic carbocycles. The Balaban J connectivity index is 1.64. The van der Waals surface area contributed by atoms with E-state index in [0.29, 0.717) is 18.6 Å². The first-order chi connectivity index (χ1) is 12.7. The summed E-state index contributed by atoms with van der Waals surface area (Å²) in [7, 11) is 1.50. The summed E-state index contributed by atoms with van der Waals surface area (Å²) in [6.45, 7) is 0. The van der Waals surface area contributed by atoms with Gasteiger partial charge in [0.15, 0.2) is 17.3 Å². The first-order valence-electron chi connectivity index (χ1n) is 8.40. The minimum Gasteiger partial charge on any atom is -0.504 e. The first kappa shape index (κ1) is 16.1. The number of Topliss-reactive ketones (excluding diaryl/α,β-unsaturated/α-hetero) is 1. The molecule has 0 amide bonds. The molecular formula is C21H18N2O3. The van der Waals surface area contributed by atoms with Gasteiger partial charge in [-0.25, -0.2) is 4.98 Å². The van der Waals surface area contributed by atoms with Gasteiger partial charge in [0.25, 0.3) is 0 Å². The second kappa shape index (κ2) is 6.52. The van der Waals surface area contributed by atoms with Gasteiger partial charge in [0.1, 0.15) is 5.65 Å². The van der Waals surface area contributed by atoms with Crippen molar-refractivity contribution in [2.45, 2.75) is 12.8 Å². The molecule has 0 atom stereocenters. The molecule has 4 rings (SSSR count). The summed E-state index contributed by atoms with van der Waals surface area (Å²) in [6.07, 6.45) is 8.85. The summed E-state index contributed by atoms with van der Waals surface area (Å²) >= 11 is 0. The number of aromatic hydroxyl groups is 1. The Hall–Kier alpha value is -3.34. The van der Waals surface area contributed by atoms with E-state index in [-0.39, 0.29) is 11.5 Å². The van der Waals surface area contributed by atoms with Gasteiger partial charge in [0, 0.05) is 34.5 Å². The molecule has 3 aromatic rings. The number of carbonyl (C=O) groups excluding carboxylic acids is 1. The Morgan fingerprint density at radius 1 is 1.19 bits per heavy atom. The lowest BCUT2D eigenvalue weighted by molar-refractivity contribution is -0.111. The van der Waals surface area contributed by atoms with Crippen molar-refractivity contribution in [3.63, 3.8) is 0 Å². The van der Waals surface area contributed by atoms with Crippen LogP contribution >= 0.6 is 0 Å². The molecule has 130 valence electrons. The van der Waals surface area contributed by atoms with Crippen molar-refractivity contribution in [2.75, 3.05) is 7.11 Å². The lowest BCUT2D eigenvalue weighted by atomic mass is 10.1. The van der Waals surface area contributed by atoms with Crippen LogP contribution in [0.3, 0.4) is 0 Å². The number of pyridine rings is 1. The van der Waals surface area contributed by atoms with Crippen molar-refractivity contribution < 1.29 is 14.6 Å². The highest BCUT2D eigenvalue weighted by Crippen LogP contribution is 2.32. The molecule has 0 bridgehead atoms. The number of ether oxygens (including phenoxy) is 1. The quantitative estimate of drug-likeness (QED) is 0.700. The zero-order valence-corrected chi connectivity index (χ0v) is 14.3. The molecule has 1 saturated carbocycles. The van der Waals surface area contributed by atoms with E-state index in [9.17, 15) is 9.90 Å².